The lowest BCUT2D eigenvalue weighted by atomic mass is 9.72. The molecule has 0 bridgehead atoms. The molecule has 1 rings (SSSR count). The van der Waals surface area contributed by atoms with Gasteiger partial charge in [0.1, 0.15) is 0 Å². The van der Waals surface area contributed by atoms with E-state index < -0.39 is 17.4 Å². The Morgan fingerprint density at radius 3 is 2.33 bits per heavy atom. The first-order valence-corrected chi connectivity index (χ1v) is 6.90. The van der Waals surface area contributed by atoms with Gasteiger partial charge in [-0.25, -0.2) is 0 Å². The van der Waals surface area contributed by atoms with Gasteiger partial charge in [0.2, 0.25) is 0 Å². The van der Waals surface area contributed by atoms with E-state index in [0.717, 1.165) is 12.0 Å². The summed E-state index contributed by atoms with van der Waals surface area (Å²) in [6, 6.07) is 0. The van der Waals surface area contributed by atoms with Gasteiger partial charge in [-0.1, -0.05) is 24.3 Å². The van der Waals surface area contributed by atoms with Gasteiger partial charge in [0, 0.05) is 5.92 Å². The summed E-state index contributed by atoms with van der Waals surface area (Å²) in [5.74, 6) is -1.58. The summed E-state index contributed by atoms with van der Waals surface area (Å²) in [6.45, 7) is 3.70. The van der Waals surface area contributed by atoms with Crippen molar-refractivity contribution in [2.45, 2.75) is 26.7 Å². The fourth-order valence-corrected chi connectivity index (χ4v) is 2.33. The molecule has 0 amide bonds. The van der Waals surface area contributed by atoms with Gasteiger partial charge in [-0.3, -0.25) is 9.59 Å². The monoisotopic (exact) mass is 290 g/mol. The van der Waals surface area contributed by atoms with Crippen molar-refractivity contribution in [3.05, 3.63) is 41.7 Å². The first kappa shape index (κ1) is 17.0. The maximum absolute atomic E-state index is 12.4. The average molecular weight is 290 g/mol. The van der Waals surface area contributed by atoms with Crippen LogP contribution >= 0.6 is 0 Å². The lowest BCUT2D eigenvalue weighted by Crippen LogP contribution is -2.45. The molecule has 114 valence electrons. The minimum Gasteiger partial charge on any atom is -0.468 e. The molecule has 0 N–H and O–H groups in total. The molecule has 0 fully saturated rings. The van der Waals surface area contributed by atoms with Gasteiger partial charge in [-0.05, 0) is 38.3 Å². The molecule has 0 aliphatic heterocycles. The number of ether oxygens (including phenoxy) is 2. The van der Waals surface area contributed by atoms with Gasteiger partial charge in [-0.2, -0.15) is 0 Å². The van der Waals surface area contributed by atoms with Crippen molar-refractivity contribution in [1.82, 2.24) is 0 Å². The van der Waals surface area contributed by atoms with E-state index in [9.17, 15) is 9.59 Å². The Labute approximate surface area is 125 Å². The topological polar surface area (TPSA) is 52.6 Å². The number of rotatable bonds is 4. The van der Waals surface area contributed by atoms with Crippen LogP contribution in [0, 0.1) is 11.3 Å². The highest BCUT2D eigenvalue weighted by atomic mass is 16.5. The first-order valence-electron chi connectivity index (χ1n) is 6.90. The maximum atomic E-state index is 12.4. The molecule has 0 saturated heterocycles. The number of carbonyl (C=O) groups excluding carboxylic acids is 2. The zero-order valence-corrected chi connectivity index (χ0v) is 13.0. The van der Waals surface area contributed by atoms with Gasteiger partial charge in [-0.15, -0.1) is 5.73 Å². The van der Waals surface area contributed by atoms with E-state index in [4.69, 9.17) is 9.47 Å². The van der Waals surface area contributed by atoms with E-state index in [1.807, 2.05) is 38.2 Å². The summed E-state index contributed by atoms with van der Waals surface area (Å²) in [5, 5.41) is 0. The predicted molar refractivity (Wildman–Crippen MR) is 80.4 cm³/mol. The van der Waals surface area contributed by atoms with Crippen LogP contribution in [-0.4, -0.2) is 26.2 Å². The molecule has 4 heteroatoms. The number of hydrogen-bond acceptors (Lipinski definition) is 4. The Balaban J connectivity index is 3.46. The molecule has 4 nitrogen and oxygen atoms in total. The van der Waals surface area contributed by atoms with Crippen LogP contribution in [0.4, 0.5) is 0 Å². The highest BCUT2D eigenvalue weighted by Gasteiger charge is 2.51. The van der Waals surface area contributed by atoms with Crippen LogP contribution in [0.25, 0.3) is 0 Å². The summed E-state index contributed by atoms with van der Waals surface area (Å²) < 4.78 is 9.78. The summed E-state index contributed by atoms with van der Waals surface area (Å²) in [7, 11) is 2.55. The van der Waals surface area contributed by atoms with Crippen molar-refractivity contribution in [2.75, 3.05) is 14.2 Å². The van der Waals surface area contributed by atoms with Crippen LogP contribution in [-0.2, 0) is 19.1 Å². The molecule has 0 aromatic heterocycles. The molecule has 1 aliphatic rings. The summed E-state index contributed by atoms with van der Waals surface area (Å²) in [5.41, 5.74) is 2.34. The third-order valence-corrected chi connectivity index (χ3v) is 3.45. The van der Waals surface area contributed by atoms with Gasteiger partial charge >= 0.3 is 11.9 Å². The second kappa shape index (κ2) is 7.65. The Kier molecular flexibility index (Phi) is 6.19. The summed E-state index contributed by atoms with van der Waals surface area (Å²) in [4.78, 5) is 24.8. The van der Waals surface area contributed by atoms with Crippen LogP contribution in [0.1, 0.15) is 26.7 Å². The van der Waals surface area contributed by atoms with Crippen molar-refractivity contribution in [3.63, 3.8) is 0 Å². The summed E-state index contributed by atoms with van der Waals surface area (Å²) in [6.07, 6.45) is 10.5. The zero-order valence-electron chi connectivity index (χ0n) is 13.0. The largest absolute Gasteiger partial charge is 0.468 e. The van der Waals surface area contributed by atoms with E-state index in [0.29, 0.717) is 6.42 Å². The molecule has 0 radical (unpaired) electrons. The minimum atomic E-state index is -1.50. The third-order valence-electron chi connectivity index (χ3n) is 3.45. The minimum absolute atomic E-state index is 0.334. The van der Waals surface area contributed by atoms with Crippen molar-refractivity contribution in [2.24, 2.45) is 11.3 Å². The first-order chi connectivity index (χ1) is 9.98. The molecule has 1 aliphatic carbocycles. The highest BCUT2D eigenvalue weighted by Crippen LogP contribution is 2.38. The highest BCUT2D eigenvalue weighted by molar-refractivity contribution is 6.03. The van der Waals surface area contributed by atoms with Crippen LogP contribution in [0.3, 0.4) is 0 Å². The van der Waals surface area contributed by atoms with E-state index in [1.165, 1.54) is 20.3 Å². The standard InChI is InChI=1S/C17H22O4/c1-13(2)11-12-17(15(18)20-3,16(19)21-4)14-9-7-5-6-8-10-14/h5-7,9,12,14H,8,10H2,1-4H3/t14-/m1/s1. The maximum Gasteiger partial charge on any atom is 0.328 e. The molecule has 0 saturated carbocycles. The zero-order chi connectivity index (χ0) is 15.9. The Morgan fingerprint density at radius 2 is 1.81 bits per heavy atom. The second-order valence-electron chi connectivity index (χ2n) is 5.14. The molecule has 0 heterocycles. The number of allylic oxidation sites excluding steroid dienone is 4. The lowest BCUT2D eigenvalue weighted by molar-refractivity contribution is -0.168. The number of hydrogen-bond donors (Lipinski definition) is 0. The Hall–Kier alpha value is -2.06. The molecule has 0 unspecified atom stereocenters. The summed E-state index contributed by atoms with van der Waals surface area (Å²) >= 11 is 0. The normalized spacial score (nSPS) is 17.4. The molecular weight excluding hydrogens is 268 g/mol. The second-order valence-corrected chi connectivity index (χ2v) is 5.14. The van der Waals surface area contributed by atoms with Gasteiger partial charge in [0.25, 0.3) is 0 Å². The third kappa shape index (κ3) is 3.73. The number of esters is 2. The Morgan fingerprint density at radius 1 is 1.19 bits per heavy atom. The molecule has 1 atom stereocenters. The van der Waals surface area contributed by atoms with Crippen molar-refractivity contribution in [1.29, 1.82) is 0 Å². The van der Waals surface area contributed by atoms with Crippen molar-refractivity contribution in [3.8, 4) is 0 Å². The van der Waals surface area contributed by atoms with Crippen LogP contribution in [0.15, 0.2) is 41.7 Å². The Bertz CT molecular complexity index is 499. The smallest absolute Gasteiger partial charge is 0.328 e. The van der Waals surface area contributed by atoms with Gasteiger partial charge in [0.05, 0.1) is 14.2 Å². The fraction of sp³-hybridized carbons (Fsp3) is 0.471. The fourth-order valence-electron chi connectivity index (χ4n) is 2.33. The molecule has 0 spiro atoms. The molecule has 0 aromatic rings. The number of methoxy groups -OCH3 is 2. The SMILES string of the molecule is COC(=O)C(C=C=C(C)C)(C(=O)OC)[C@@H]1C=CC=CCC1. The van der Waals surface area contributed by atoms with Crippen LogP contribution in [0.5, 0.6) is 0 Å². The predicted octanol–water partition coefficient (Wildman–Crippen LogP) is 2.96. The van der Waals surface area contributed by atoms with E-state index in [1.54, 1.807) is 0 Å². The van der Waals surface area contributed by atoms with Crippen LogP contribution < -0.4 is 0 Å². The van der Waals surface area contributed by atoms with Crippen LogP contribution in [0.2, 0.25) is 0 Å². The average Bonchev–Trinajstić information content (AvgIpc) is 2.76. The van der Waals surface area contributed by atoms with E-state index in [-0.39, 0.29) is 5.92 Å². The van der Waals surface area contributed by atoms with E-state index >= 15 is 0 Å². The van der Waals surface area contributed by atoms with Crippen molar-refractivity contribution < 1.29 is 19.1 Å². The molecule has 21 heavy (non-hydrogen) atoms. The van der Waals surface area contributed by atoms with Gasteiger partial charge in [0.15, 0.2) is 5.41 Å². The lowest BCUT2D eigenvalue weighted by Gasteiger charge is -2.30. The number of carbonyl (C=O) groups is 2. The molecular formula is C17H22O4. The van der Waals surface area contributed by atoms with Crippen molar-refractivity contribution >= 4 is 11.9 Å². The van der Waals surface area contributed by atoms with E-state index in [2.05, 4.69) is 5.73 Å². The van der Waals surface area contributed by atoms with Gasteiger partial charge < -0.3 is 9.47 Å². The molecule has 0 aromatic carbocycles. The quantitative estimate of drug-likeness (QED) is 0.454.